The molecule has 0 spiro atoms. The first-order valence-corrected chi connectivity index (χ1v) is 12.0. The van der Waals surface area contributed by atoms with E-state index in [0.717, 1.165) is 28.4 Å². The first kappa shape index (κ1) is 22.5. The van der Waals surface area contributed by atoms with E-state index in [0.29, 0.717) is 19.8 Å². The summed E-state index contributed by atoms with van der Waals surface area (Å²) in [5.41, 5.74) is 2.04. The summed E-state index contributed by atoms with van der Waals surface area (Å²) < 4.78 is 16.2. The topological polar surface area (TPSA) is 47.9 Å². The second kappa shape index (κ2) is 11.3. The molecule has 6 heteroatoms. The molecule has 2 aromatic rings. The average molecular weight is 435 g/mol. The highest BCUT2D eigenvalue weighted by atomic mass is 32.2. The van der Waals surface area contributed by atoms with Gasteiger partial charge in [-0.3, -0.25) is 0 Å². The van der Waals surface area contributed by atoms with Gasteiger partial charge < -0.3 is 19.3 Å². The fourth-order valence-corrected chi connectivity index (χ4v) is 6.78. The van der Waals surface area contributed by atoms with Crippen molar-refractivity contribution in [3.8, 4) is 5.75 Å². The van der Waals surface area contributed by atoms with Crippen LogP contribution in [0.5, 0.6) is 5.75 Å². The number of aliphatic hydroxyl groups is 1. The van der Waals surface area contributed by atoms with Crippen LogP contribution >= 0.6 is 23.5 Å². The summed E-state index contributed by atoms with van der Waals surface area (Å²) in [7, 11) is 1.66. The minimum absolute atomic E-state index is 0.0443. The second-order valence-electron chi connectivity index (χ2n) is 7.04. The van der Waals surface area contributed by atoms with Crippen molar-refractivity contribution in [1.29, 1.82) is 0 Å². The number of thioether (sulfide) groups is 2. The van der Waals surface area contributed by atoms with Gasteiger partial charge in [0.15, 0.2) is 0 Å². The molecule has 1 fully saturated rings. The quantitative estimate of drug-likeness (QED) is 0.538. The predicted molar refractivity (Wildman–Crippen MR) is 122 cm³/mol. The number of methoxy groups -OCH3 is 1. The highest BCUT2D eigenvalue weighted by molar-refractivity contribution is 8.18. The summed E-state index contributed by atoms with van der Waals surface area (Å²) in [5, 5.41) is 11.4. The molecule has 0 saturated carbocycles. The van der Waals surface area contributed by atoms with E-state index in [1.54, 1.807) is 7.11 Å². The van der Waals surface area contributed by atoms with E-state index in [2.05, 4.69) is 12.1 Å². The zero-order valence-electron chi connectivity index (χ0n) is 17.1. The minimum Gasteiger partial charge on any atom is -0.491 e. The first-order valence-electron chi connectivity index (χ1n) is 10.0. The van der Waals surface area contributed by atoms with Gasteiger partial charge >= 0.3 is 0 Å². The smallest absolute Gasteiger partial charge is 0.119 e. The van der Waals surface area contributed by atoms with Crippen molar-refractivity contribution >= 4 is 23.5 Å². The van der Waals surface area contributed by atoms with Crippen molar-refractivity contribution in [1.82, 2.24) is 0 Å². The van der Waals surface area contributed by atoms with E-state index >= 15 is 0 Å². The summed E-state index contributed by atoms with van der Waals surface area (Å²) in [6.07, 6.45) is 0.589. The van der Waals surface area contributed by atoms with Crippen LogP contribution in [0, 0.1) is 0 Å². The Morgan fingerprint density at radius 2 is 1.79 bits per heavy atom. The predicted octanol–water partition coefficient (Wildman–Crippen LogP) is 4.87. The van der Waals surface area contributed by atoms with Gasteiger partial charge in [0.1, 0.15) is 22.5 Å². The van der Waals surface area contributed by atoms with Gasteiger partial charge in [0, 0.05) is 7.11 Å². The third-order valence-corrected chi connectivity index (χ3v) is 8.26. The molecule has 0 aliphatic carbocycles. The molecule has 0 amide bonds. The van der Waals surface area contributed by atoms with Crippen LogP contribution in [-0.4, -0.2) is 49.6 Å². The normalized spacial score (nSPS) is 18.2. The molecule has 0 bridgehead atoms. The Hall–Kier alpha value is -1.18. The summed E-state index contributed by atoms with van der Waals surface area (Å²) in [6.45, 7) is 3.50. The summed E-state index contributed by atoms with van der Waals surface area (Å²) in [4.78, 5) is 0. The van der Waals surface area contributed by atoms with Gasteiger partial charge in [-0.1, -0.05) is 42.5 Å². The molecular weight excluding hydrogens is 404 g/mol. The largest absolute Gasteiger partial charge is 0.491 e. The molecule has 1 saturated heterocycles. The van der Waals surface area contributed by atoms with E-state index < -0.39 is 10.2 Å². The maximum atomic E-state index is 11.4. The molecule has 0 radical (unpaired) electrons. The molecule has 4 nitrogen and oxygen atoms in total. The molecule has 0 aromatic heterocycles. The molecule has 1 aliphatic rings. The van der Waals surface area contributed by atoms with Gasteiger partial charge in [0.2, 0.25) is 0 Å². The number of hydrogen-bond acceptors (Lipinski definition) is 6. The molecule has 2 atom stereocenters. The Morgan fingerprint density at radius 3 is 2.52 bits per heavy atom. The second-order valence-corrected chi connectivity index (χ2v) is 9.98. The number of ether oxygens (including phenoxy) is 3. The Labute approximate surface area is 182 Å². The number of aliphatic hydroxyl groups excluding tert-OH is 1. The van der Waals surface area contributed by atoms with Crippen LogP contribution < -0.4 is 4.74 Å². The van der Waals surface area contributed by atoms with Gasteiger partial charge in [0.25, 0.3) is 0 Å². The van der Waals surface area contributed by atoms with Gasteiger partial charge in [-0.2, -0.15) is 0 Å². The lowest BCUT2D eigenvalue weighted by atomic mass is 10.00. The van der Waals surface area contributed by atoms with E-state index in [-0.39, 0.29) is 6.10 Å². The maximum Gasteiger partial charge on any atom is 0.119 e. The van der Waals surface area contributed by atoms with Crippen molar-refractivity contribution < 1.29 is 19.3 Å². The molecule has 1 aliphatic heterocycles. The Morgan fingerprint density at radius 1 is 1.03 bits per heavy atom. The summed E-state index contributed by atoms with van der Waals surface area (Å²) >= 11 is 3.68. The van der Waals surface area contributed by atoms with Crippen LogP contribution in [0.3, 0.4) is 0 Å². The summed E-state index contributed by atoms with van der Waals surface area (Å²) in [6, 6.07) is 18.1. The third kappa shape index (κ3) is 5.92. The molecule has 2 unspecified atom stereocenters. The van der Waals surface area contributed by atoms with Crippen LogP contribution in [0.15, 0.2) is 54.6 Å². The average Bonchev–Trinajstić information content (AvgIpc) is 2.78. The monoisotopic (exact) mass is 434 g/mol. The zero-order chi connectivity index (χ0) is 20.5. The fraction of sp³-hybridized carbons (Fsp3) is 0.478. The maximum absolute atomic E-state index is 11.4. The summed E-state index contributed by atoms with van der Waals surface area (Å²) in [5.74, 6) is 2.84. The molecule has 3 rings (SSSR count). The van der Waals surface area contributed by atoms with Gasteiger partial charge in [-0.05, 0) is 48.1 Å². The van der Waals surface area contributed by atoms with E-state index in [1.807, 2.05) is 72.9 Å². The molecule has 1 heterocycles. The number of benzene rings is 2. The molecule has 158 valence electrons. The zero-order valence-corrected chi connectivity index (χ0v) is 18.7. The lowest BCUT2D eigenvalue weighted by molar-refractivity contribution is -0.00216. The van der Waals surface area contributed by atoms with Crippen LogP contribution in [0.1, 0.15) is 30.6 Å². The third-order valence-electron chi connectivity index (χ3n) is 4.79. The van der Waals surface area contributed by atoms with Crippen molar-refractivity contribution in [2.24, 2.45) is 0 Å². The standard InChI is InChI=1S/C23H30O4S2/c1-18(17-25-2)26-12-13-27-21-11-6-8-19(16-21)22(24)23(28-14-7-15-29-23)20-9-4-3-5-10-20/h3-6,8-11,16,18,22,24H,7,12-15,17H2,1-2H3. The van der Waals surface area contributed by atoms with E-state index in [1.165, 1.54) is 6.42 Å². The van der Waals surface area contributed by atoms with Crippen LogP contribution in [0.25, 0.3) is 0 Å². The highest BCUT2D eigenvalue weighted by Crippen LogP contribution is 2.57. The van der Waals surface area contributed by atoms with Crippen molar-refractivity contribution in [2.45, 2.75) is 29.6 Å². The van der Waals surface area contributed by atoms with Crippen molar-refractivity contribution in [3.63, 3.8) is 0 Å². The van der Waals surface area contributed by atoms with Crippen LogP contribution in [0.4, 0.5) is 0 Å². The highest BCUT2D eigenvalue weighted by Gasteiger charge is 2.43. The fourth-order valence-electron chi connectivity index (χ4n) is 3.39. The minimum atomic E-state index is -0.623. The van der Waals surface area contributed by atoms with E-state index in [9.17, 15) is 5.11 Å². The van der Waals surface area contributed by atoms with Crippen LogP contribution in [0.2, 0.25) is 0 Å². The van der Waals surface area contributed by atoms with E-state index in [4.69, 9.17) is 14.2 Å². The Balaban J connectivity index is 1.69. The van der Waals surface area contributed by atoms with Crippen molar-refractivity contribution in [3.05, 3.63) is 65.7 Å². The number of hydrogen-bond donors (Lipinski definition) is 1. The lowest BCUT2D eigenvalue weighted by Crippen LogP contribution is -2.30. The lowest BCUT2D eigenvalue weighted by Gasteiger charge is -2.40. The molecule has 29 heavy (non-hydrogen) atoms. The SMILES string of the molecule is COCC(C)OCCOc1cccc(C(O)C2(c3ccccc3)SCCCS2)c1. The van der Waals surface area contributed by atoms with Gasteiger partial charge in [-0.25, -0.2) is 0 Å². The van der Waals surface area contributed by atoms with Crippen molar-refractivity contribution in [2.75, 3.05) is 38.4 Å². The molecular formula is C23H30O4S2. The van der Waals surface area contributed by atoms with Gasteiger partial charge in [0.05, 0.1) is 19.3 Å². The molecule has 2 aromatic carbocycles. The van der Waals surface area contributed by atoms with Crippen LogP contribution in [-0.2, 0) is 13.6 Å². The Kier molecular flexibility index (Phi) is 8.75. The first-order chi connectivity index (χ1) is 14.2. The molecule has 1 N–H and O–H groups in total. The number of rotatable bonds is 10. The van der Waals surface area contributed by atoms with Gasteiger partial charge in [-0.15, -0.1) is 23.5 Å². The Bertz CT molecular complexity index is 735.